The quantitative estimate of drug-likeness (QED) is 0.774. The number of carbonyl (C=O) groups is 1. The highest BCUT2D eigenvalue weighted by Gasteiger charge is 2.32. The molecule has 1 aliphatic rings. The molecule has 1 rings (SSSR count). The molecule has 0 saturated heterocycles. The zero-order chi connectivity index (χ0) is 12.4. The van der Waals surface area contributed by atoms with Crippen LogP contribution in [-0.4, -0.2) is 18.5 Å². The number of hydrogen-bond donors (Lipinski definition) is 2. The first-order valence-electron chi connectivity index (χ1n) is 6.28. The molecule has 0 spiro atoms. The molecule has 94 valence electrons. The third-order valence-electron chi connectivity index (χ3n) is 3.72. The first-order valence-corrected chi connectivity index (χ1v) is 6.28. The smallest absolute Gasteiger partial charge is 0.237 e. The van der Waals surface area contributed by atoms with E-state index < -0.39 is 6.04 Å². The van der Waals surface area contributed by atoms with Crippen LogP contribution in [0.2, 0.25) is 0 Å². The molecule has 0 aromatic rings. The SMILES string of the molecule is CC1(CNC(=O)[C@@H](N)C(C)(C)C)CCCC1. The van der Waals surface area contributed by atoms with Crippen molar-refractivity contribution >= 4 is 5.91 Å². The maximum Gasteiger partial charge on any atom is 0.237 e. The van der Waals surface area contributed by atoms with E-state index in [1.165, 1.54) is 25.7 Å². The minimum Gasteiger partial charge on any atom is -0.354 e. The molecule has 0 bridgehead atoms. The molecule has 0 aliphatic heterocycles. The van der Waals surface area contributed by atoms with Crippen molar-refractivity contribution in [3.63, 3.8) is 0 Å². The van der Waals surface area contributed by atoms with Gasteiger partial charge in [-0.05, 0) is 23.7 Å². The van der Waals surface area contributed by atoms with Crippen LogP contribution in [0.15, 0.2) is 0 Å². The summed E-state index contributed by atoms with van der Waals surface area (Å²) in [6.45, 7) is 9.01. The summed E-state index contributed by atoms with van der Waals surface area (Å²) in [5.41, 5.74) is 6.04. The van der Waals surface area contributed by atoms with E-state index in [4.69, 9.17) is 5.73 Å². The molecule has 3 heteroatoms. The first kappa shape index (κ1) is 13.5. The first-order chi connectivity index (χ1) is 7.25. The highest BCUT2D eigenvalue weighted by Crippen LogP contribution is 2.36. The Kier molecular flexibility index (Phi) is 4.00. The summed E-state index contributed by atoms with van der Waals surface area (Å²) in [4.78, 5) is 11.9. The van der Waals surface area contributed by atoms with Crippen molar-refractivity contribution in [2.75, 3.05) is 6.54 Å². The van der Waals surface area contributed by atoms with Crippen molar-refractivity contribution in [2.45, 2.75) is 59.4 Å². The monoisotopic (exact) mass is 226 g/mol. The minimum atomic E-state index is -0.419. The molecule has 16 heavy (non-hydrogen) atoms. The molecule has 0 unspecified atom stereocenters. The predicted octanol–water partition coefficient (Wildman–Crippen LogP) is 2.06. The molecule has 1 atom stereocenters. The molecular formula is C13H26N2O. The van der Waals surface area contributed by atoms with Crippen LogP contribution in [0.4, 0.5) is 0 Å². The van der Waals surface area contributed by atoms with Gasteiger partial charge in [-0.1, -0.05) is 40.5 Å². The molecule has 1 fully saturated rings. The number of nitrogens with one attached hydrogen (secondary N) is 1. The lowest BCUT2D eigenvalue weighted by molar-refractivity contribution is -0.125. The maximum absolute atomic E-state index is 11.9. The normalized spacial score (nSPS) is 21.8. The van der Waals surface area contributed by atoms with Crippen LogP contribution < -0.4 is 11.1 Å². The van der Waals surface area contributed by atoms with Gasteiger partial charge in [-0.15, -0.1) is 0 Å². The molecule has 1 amide bonds. The van der Waals surface area contributed by atoms with Gasteiger partial charge in [0.2, 0.25) is 5.91 Å². The highest BCUT2D eigenvalue weighted by atomic mass is 16.2. The number of amides is 1. The predicted molar refractivity (Wildman–Crippen MR) is 67.0 cm³/mol. The van der Waals surface area contributed by atoms with Gasteiger partial charge in [-0.3, -0.25) is 4.79 Å². The van der Waals surface area contributed by atoms with Crippen molar-refractivity contribution in [1.82, 2.24) is 5.32 Å². The lowest BCUT2D eigenvalue weighted by Gasteiger charge is -2.29. The molecule has 3 nitrogen and oxygen atoms in total. The second-order valence-electron chi connectivity index (χ2n) is 6.58. The summed E-state index contributed by atoms with van der Waals surface area (Å²) in [6, 6.07) is -0.419. The molecule has 3 N–H and O–H groups in total. The fraction of sp³-hybridized carbons (Fsp3) is 0.923. The number of carbonyl (C=O) groups excluding carboxylic acids is 1. The van der Waals surface area contributed by atoms with Crippen LogP contribution in [0, 0.1) is 10.8 Å². The highest BCUT2D eigenvalue weighted by molar-refractivity contribution is 5.82. The molecule has 1 saturated carbocycles. The number of hydrogen-bond acceptors (Lipinski definition) is 2. The summed E-state index contributed by atoms with van der Waals surface area (Å²) in [7, 11) is 0. The second-order valence-corrected chi connectivity index (χ2v) is 6.58. The number of rotatable bonds is 3. The van der Waals surface area contributed by atoms with Gasteiger partial charge in [0.1, 0.15) is 0 Å². The zero-order valence-corrected chi connectivity index (χ0v) is 11.1. The van der Waals surface area contributed by atoms with E-state index in [9.17, 15) is 4.79 Å². The van der Waals surface area contributed by atoms with Crippen LogP contribution in [0.3, 0.4) is 0 Å². The van der Waals surface area contributed by atoms with Gasteiger partial charge in [-0.2, -0.15) is 0 Å². The van der Waals surface area contributed by atoms with Crippen molar-refractivity contribution in [2.24, 2.45) is 16.6 Å². The molecule has 0 radical (unpaired) electrons. The van der Waals surface area contributed by atoms with Crippen LogP contribution in [0.25, 0.3) is 0 Å². The van der Waals surface area contributed by atoms with E-state index in [2.05, 4.69) is 12.2 Å². The average molecular weight is 226 g/mol. The Morgan fingerprint density at radius 2 is 1.88 bits per heavy atom. The third-order valence-corrected chi connectivity index (χ3v) is 3.72. The minimum absolute atomic E-state index is 0.0133. The van der Waals surface area contributed by atoms with Crippen molar-refractivity contribution in [1.29, 1.82) is 0 Å². The van der Waals surface area contributed by atoms with Crippen molar-refractivity contribution in [3.05, 3.63) is 0 Å². The molecule has 0 heterocycles. The topological polar surface area (TPSA) is 55.1 Å². The fourth-order valence-electron chi connectivity index (χ4n) is 2.21. The van der Waals surface area contributed by atoms with Gasteiger partial charge >= 0.3 is 0 Å². The maximum atomic E-state index is 11.9. The van der Waals surface area contributed by atoms with Crippen LogP contribution in [-0.2, 0) is 4.79 Å². The van der Waals surface area contributed by atoms with E-state index in [1.807, 2.05) is 20.8 Å². The molecule has 0 aromatic carbocycles. The fourth-order valence-corrected chi connectivity index (χ4v) is 2.21. The zero-order valence-electron chi connectivity index (χ0n) is 11.1. The molecular weight excluding hydrogens is 200 g/mol. The Balaban J connectivity index is 2.40. The van der Waals surface area contributed by atoms with Gasteiger partial charge in [0.15, 0.2) is 0 Å². The van der Waals surface area contributed by atoms with Gasteiger partial charge in [0, 0.05) is 6.54 Å². The summed E-state index contributed by atoms with van der Waals surface area (Å²) >= 11 is 0. The van der Waals surface area contributed by atoms with Gasteiger partial charge in [0.25, 0.3) is 0 Å². The van der Waals surface area contributed by atoms with E-state index in [0.717, 1.165) is 6.54 Å². The standard InChI is InChI=1S/C13H26N2O/c1-12(2,3)10(14)11(16)15-9-13(4)7-5-6-8-13/h10H,5-9,14H2,1-4H3,(H,15,16)/t10-/m1/s1. The lowest BCUT2D eigenvalue weighted by atomic mass is 9.85. The number of nitrogens with two attached hydrogens (primary N) is 1. The van der Waals surface area contributed by atoms with E-state index in [-0.39, 0.29) is 11.3 Å². The third kappa shape index (κ3) is 3.48. The van der Waals surface area contributed by atoms with Crippen molar-refractivity contribution in [3.8, 4) is 0 Å². The Morgan fingerprint density at radius 1 is 1.38 bits per heavy atom. The lowest BCUT2D eigenvalue weighted by Crippen LogP contribution is -2.50. The van der Waals surface area contributed by atoms with E-state index in [0.29, 0.717) is 5.41 Å². The molecule has 0 aromatic heterocycles. The van der Waals surface area contributed by atoms with Crippen LogP contribution >= 0.6 is 0 Å². The van der Waals surface area contributed by atoms with Gasteiger partial charge < -0.3 is 11.1 Å². The Hall–Kier alpha value is -0.570. The van der Waals surface area contributed by atoms with Gasteiger partial charge in [-0.25, -0.2) is 0 Å². The van der Waals surface area contributed by atoms with Crippen molar-refractivity contribution < 1.29 is 4.79 Å². The van der Waals surface area contributed by atoms with E-state index >= 15 is 0 Å². The van der Waals surface area contributed by atoms with Gasteiger partial charge in [0.05, 0.1) is 6.04 Å². The second kappa shape index (κ2) is 4.74. The Bertz CT molecular complexity index is 249. The molecule has 1 aliphatic carbocycles. The summed E-state index contributed by atoms with van der Waals surface area (Å²) in [6.07, 6.45) is 5.02. The van der Waals surface area contributed by atoms with Crippen LogP contribution in [0.1, 0.15) is 53.4 Å². The Morgan fingerprint density at radius 3 is 2.31 bits per heavy atom. The average Bonchev–Trinajstić information content (AvgIpc) is 2.60. The summed E-state index contributed by atoms with van der Waals surface area (Å²) < 4.78 is 0. The summed E-state index contributed by atoms with van der Waals surface area (Å²) in [5.74, 6) is -0.0133. The largest absolute Gasteiger partial charge is 0.354 e. The van der Waals surface area contributed by atoms with E-state index in [1.54, 1.807) is 0 Å². The Labute approximate surface area is 99.2 Å². The summed E-state index contributed by atoms with van der Waals surface area (Å²) in [5, 5.41) is 3.01. The van der Waals surface area contributed by atoms with Crippen LogP contribution in [0.5, 0.6) is 0 Å².